The second-order valence-corrected chi connectivity index (χ2v) is 5.21. The zero-order valence-corrected chi connectivity index (χ0v) is 12.1. The van der Waals surface area contributed by atoms with Crippen LogP contribution >= 0.6 is 0 Å². The molecule has 12 heteroatoms. The SMILES string of the molecule is O=[N+]([O-])C1=CC(=[N+]([O-])[O-])c2no[n+]([O-])c2C1c1c[nH]c2ncccc12. The molecule has 1 aliphatic rings. The number of aromatic amines is 1. The van der Waals surface area contributed by atoms with Gasteiger partial charge in [-0.25, -0.2) is 4.98 Å². The van der Waals surface area contributed by atoms with Crippen molar-refractivity contribution in [3.05, 3.63) is 79.0 Å². The average Bonchev–Trinajstić information content (AvgIpc) is 3.17. The molecule has 0 aromatic carbocycles. The van der Waals surface area contributed by atoms with E-state index in [1.54, 1.807) is 12.1 Å². The topological polar surface area (TPSA) is 174 Å². The summed E-state index contributed by atoms with van der Waals surface area (Å²) < 4.78 is 4.47. The highest BCUT2D eigenvalue weighted by molar-refractivity contribution is 6.06. The molecule has 0 saturated carbocycles. The monoisotopic (exact) mass is 343 g/mol. The van der Waals surface area contributed by atoms with Crippen molar-refractivity contribution in [3.8, 4) is 0 Å². The Morgan fingerprint density at radius 1 is 1.32 bits per heavy atom. The van der Waals surface area contributed by atoms with E-state index in [-0.39, 0.29) is 16.3 Å². The fraction of sp³-hybridized carbons (Fsp3) is 0.0769. The molecule has 0 radical (unpaired) electrons. The summed E-state index contributed by atoms with van der Waals surface area (Å²) in [4.78, 5) is 16.8. The van der Waals surface area contributed by atoms with Gasteiger partial charge in [0.25, 0.3) is 11.4 Å². The van der Waals surface area contributed by atoms with Gasteiger partial charge in [0.1, 0.15) is 11.6 Å². The molecule has 0 amide bonds. The summed E-state index contributed by atoms with van der Waals surface area (Å²) in [7, 11) is 0. The number of aromatic nitrogens is 4. The molecule has 1 N–H and O–H groups in total. The van der Waals surface area contributed by atoms with Gasteiger partial charge in [0.2, 0.25) is 5.69 Å². The van der Waals surface area contributed by atoms with Gasteiger partial charge in [-0.15, -0.1) is 0 Å². The number of H-pyrrole nitrogens is 1. The van der Waals surface area contributed by atoms with Crippen molar-refractivity contribution in [2.45, 2.75) is 5.92 Å². The number of allylic oxidation sites excluding steroid dienone is 2. The minimum atomic E-state index is -1.20. The molecule has 0 aliphatic heterocycles. The van der Waals surface area contributed by atoms with E-state index in [9.17, 15) is 25.7 Å². The summed E-state index contributed by atoms with van der Waals surface area (Å²) in [5.74, 6) is -1.20. The molecule has 3 heterocycles. The van der Waals surface area contributed by atoms with Gasteiger partial charge >= 0.3 is 5.69 Å². The number of nitro groups is 1. The number of fused-ring (bicyclic) bond motifs is 2. The van der Waals surface area contributed by atoms with Crippen LogP contribution in [0.15, 0.2) is 40.9 Å². The Balaban J connectivity index is 2.06. The second kappa shape index (κ2) is 5.02. The molecular formula is C13H7N6O6-. The Morgan fingerprint density at radius 2 is 2.12 bits per heavy atom. The van der Waals surface area contributed by atoms with E-state index in [1.807, 2.05) is 0 Å². The maximum absolute atomic E-state index is 12.0. The first-order valence-corrected chi connectivity index (χ1v) is 6.88. The summed E-state index contributed by atoms with van der Waals surface area (Å²) in [5.41, 5.74) is -1.03. The third-order valence-electron chi connectivity index (χ3n) is 3.94. The highest BCUT2D eigenvalue weighted by atomic mass is 16.8. The summed E-state index contributed by atoms with van der Waals surface area (Å²) in [6.07, 6.45) is 3.79. The van der Waals surface area contributed by atoms with Crippen LogP contribution in [0.3, 0.4) is 0 Å². The number of hydrogen-bond acceptors (Lipinski definition) is 8. The van der Waals surface area contributed by atoms with E-state index in [0.29, 0.717) is 16.6 Å². The quantitative estimate of drug-likeness (QED) is 0.392. The first-order valence-electron chi connectivity index (χ1n) is 6.88. The van der Waals surface area contributed by atoms with Gasteiger partial charge in [-0.05, 0) is 17.0 Å². The van der Waals surface area contributed by atoms with E-state index in [2.05, 4.69) is 19.8 Å². The Kier molecular flexibility index (Phi) is 2.94. The Bertz CT molecular complexity index is 1080. The smallest absolute Gasteiger partial charge is 0.318 e. The number of hydrogen-bond donors (Lipinski definition) is 1. The number of pyridine rings is 1. The predicted octanol–water partition coefficient (Wildman–Crippen LogP) is 0.288. The molecule has 25 heavy (non-hydrogen) atoms. The van der Waals surface area contributed by atoms with Crippen molar-refractivity contribution in [1.82, 2.24) is 15.1 Å². The van der Waals surface area contributed by atoms with Crippen LogP contribution in [0.25, 0.3) is 11.0 Å². The molecule has 12 nitrogen and oxygen atoms in total. The van der Waals surface area contributed by atoms with Gasteiger partial charge in [-0.2, -0.15) is 4.90 Å². The molecule has 1 aliphatic carbocycles. The lowest BCUT2D eigenvalue weighted by Crippen LogP contribution is -2.36. The molecule has 0 spiro atoms. The molecule has 126 valence electrons. The molecule has 1 atom stereocenters. The van der Waals surface area contributed by atoms with E-state index in [0.717, 1.165) is 6.08 Å². The summed E-state index contributed by atoms with van der Waals surface area (Å²) in [5, 5.41) is 49.9. The normalized spacial score (nSPS) is 16.6. The molecule has 4 rings (SSSR count). The zero-order chi connectivity index (χ0) is 17.7. The average molecular weight is 343 g/mol. The van der Waals surface area contributed by atoms with Gasteiger partial charge in [-0.3, -0.25) is 14.7 Å². The van der Waals surface area contributed by atoms with Crippen LogP contribution in [-0.4, -0.2) is 30.7 Å². The molecule has 0 fully saturated rings. The maximum atomic E-state index is 12.0. The second-order valence-electron chi connectivity index (χ2n) is 5.21. The molecule has 3 aromatic heterocycles. The van der Waals surface area contributed by atoms with Gasteiger partial charge in [0.05, 0.1) is 16.2 Å². The van der Waals surface area contributed by atoms with Crippen molar-refractivity contribution >= 4 is 16.7 Å². The summed E-state index contributed by atoms with van der Waals surface area (Å²) in [6, 6.07) is 3.30. The van der Waals surface area contributed by atoms with Crippen LogP contribution in [0.4, 0.5) is 0 Å². The van der Waals surface area contributed by atoms with Crippen molar-refractivity contribution in [3.63, 3.8) is 0 Å². The predicted molar refractivity (Wildman–Crippen MR) is 79.6 cm³/mol. The first kappa shape index (κ1) is 14.6. The maximum Gasteiger partial charge on any atom is 0.318 e. The van der Waals surface area contributed by atoms with E-state index in [1.165, 1.54) is 12.4 Å². The Labute approximate surface area is 137 Å². The lowest BCUT2D eigenvalue weighted by atomic mass is 9.86. The van der Waals surface area contributed by atoms with Crippen LogP contribution < -0.4 is 4.90 Å². The van der Waals surface area contributed by atoms with Crippen LogP contribution in [0.2, 0.25) is 0 Å². The number of nitrogens with zero attached hydrogens (tertiary/aromatic N) is 5. The molecule has 3 aromatic rings. The van der Waals surface area contributed by atoms with Crippen molar-refractivity contribution < 1.29 is 19.4 Å². The van der Waals surface area contributed by atoms with Crippen LogP contribution in [0.5, 0.6) is 0 Å². The van der Waals surface area contributed by atoms with E-state index in [4.69, 9.17) is 0 Å². The van der Waals surface area contributed by atoms with E-state index < -0.39 is 27.2 Å². The summed E-state index contributed by atoms with van der Waals surface area (Å²) >= 11 is 0. The van der Waals surface area contributed by atoms with Gasteiger partial charge < -0.3 is 20.6 Å². The molecular weight excluding hydrogens is 336 g/mol. The molecule has 1 unspecified atom stereocenters. The highest BCUT2D eigenvalue weighted by Crippen LogP contribution is 2.38. The van der Waals surface area contributed by atoms with Crippen LogP contribution in [0.1, 0.15) is 22.9 Å². The van der Waals surface area contributed by atoms with Crippen molar-refractivity contribution in [2.24, 2.45) is 0 Å². The lowest BCUT2D eigenvalue weighted by molar-refractivity contribution is -0.808. The standard InChI is InChI=1S/C13H7N6O6/c20-17(21)8-4-9(18(22)23)11-12(19(24)25-16-11)10(8)7-5-15-13-6(7)2-1-3-14-13/h1-5,10H,(H-,14,15,22,23)/q-1. The third-order valence-corrected chi connectivity index (χ3v) is 3.94. The Hall–Kier alpha value is -3.96. The van der Waals surface area contributed by atoms with Gasteiger partial charge in [0.15, 0.2) is 0 Å². The van der Waals surface area contributed by atoms with Crippen molar-refractivity contribution in [1.29, 1.82) is 0 Å². The largest absolute Gasteiger partial charge is 0.612 e. The zero-order valence-electron chi connectivity index (χ0n) is 12.1. The van der Waals surface area contributed by atoms with Gasteiger partial charge in [-0.1, -0.05) is 0 Å². The fourth-order valence-electron chi connectivity index (χ4n) is 2.93. The minimum absolute atomic E-state index is 0.0464. The highest BCUT2D eigenvalue weighted by Gasteiger charge is 2.47. The summed E-state index contributed by atoms with van der Waals surface area (Å²) in [6.45, 7) is 0. The third kappa shape index (κ3) is 2.00. The number of rotatable bonds is 2. The lowest BCUT2D eigenvalue weighted by Gasteiger charge is -2.16. The van der Waals surface area contributed by atoms with E-state index >= 15 is 0 Å². The van der Waals surface area contributed by atoms with Gasteiger partial charge in [0, 0.05) is 23.3 Å². The fourth-order valence-corrected chi connectivity index (χ4v) is 2.93. The minimum Gasteiger partial charge on any atom is -0.612 e. The first-order chi connectivity index (χ1) is 12.0. The molecule has 0 bridgehead atoms. The Morgan fingerprint density at radius 3 is 2.84 bits per heavy atom. The molecule has 0 saturated heterocycles. The van der Waals surface area contributed by atoms with Crippen LogP contribution in [-0.2, 0) is 0 Å². The van der Waals surface area contributed by atoms with Crippen molar-refractivity contribution in [2.75, 3.05) is 0 Å². The number of nitrogens with one attached hydrogen (secondary N) is 1. The van der Waals surface area contributed by atoms with Crippen LogP contribution in [0, 0.1) is 25.7 Å².